The number of anilines is 1. The van der Waals surface area contributed by atoms with Gasteiger partial charge in [-0.2, -0.15) is 0 Å². The first-order valence-electron chi connectivity index (χ1n) is 11.1. The molecule has 1 aromatic heterocycles. The third-order valence-electron chi connectivity index (χ3n) is 5.77. The van der Waals surface area contributed by atoms with E-state index in [0.29, 0.717) is 28.1 Å². The fourth-order valence-corrected chi connectivity index (χ4v) is 4.17. The summed E-state index contributed by atoms with van der Waals surface area (Å²) in [6, 6.07) is 17.1. The second-order valence-electron chi connectivity index (χ2n) is 8.53. The Hall–Kier alpha value is -3.22. The molecule has 5 nitrogen and oxygen atoms in total. The predicted molar refractivity (Wildman–Crippen MR) is 143 cm³/mol. The standard InChI is InChI=1S/C27H26ClN3O2S/c1-5-17(4)18-7-9-24-23(13-18)29-26(33-24)19-6-8-21(28)22(14-19)30-27(34)31-25(32)20-11-15(2)10-16(3)12-20/h6-14,17H,5H2,1-4H3,(H2,30,31,32,34)/t17-/m0/s1. The molecule has 0 saturated carbocycles. The van der Waals surface area contributed by atoms with E-state index in [1.54, 1.807) is 12.1 Å². The number of hydrogen-bond donors (Lipinski definition) is 2. The molecule has 0 aliphatic carbocycles. The molecule has 2 N–H and O–H groups in total. The van der Waals surface area contributed by atoms with Crippen LogP contribution in [0.25, 0.3) is 22.6 Å². The fourth-order valence-electron chi connectivity index (χ4n) is 3.80. The van der Waals surface area contributed by atoms with Gasteiger partial charge in [-0.05, 0) is 86.4 Å². The van der Waals surface area contributed by atoms with Crippen LogP contribution in [0.4, 0.5) is 5.69 Å². The Morgan fingerprint density at radius 3 is 2.53 bits per heavy atom. The van der Waals surface area contributed by atoms with E-state index in [4.69, 9.17) is 28.2 Å². The van der Waals surface area contributed by atoms with Crippen LogP contribution in [0.2, 0.25) is 5.02 Å². The number of fused-ring (bicyclic) bond motifs is 1. The van der Waals surface area contributed by atoms with Gasteiger partial charge in [-0.15, -0.1) is 0 Å². The monoisotopic (exact) mass is 491 g/mol. The van der Waals surface area contributed by atoms with Crippen molar-refractivity contribution in [2.75, 3.05) is 5.32 Å². The van der Waals surface area contributed by atoms with Gasteiger partial charge in [0, 0.05) is 11.1 Å². The van der Waals surface area contributed by atoms with Gasteiger partial charge >= 0.3 is 0 Å². The topological polar surface area (TPSA) is 67.2 Å². The van der Waals surface area contributed by atoms with Crippen LogP contribution in [0.1, 0.15) is 53.2 Å². The summed E-state index contributed by atoms with van der Waals surface area (Å²) in [6.45, 7) is 8.26. The van der Waals surface area contributed by atoms with Gasteiger partial charge in [0.25, 0.3) is 5.91 Å². The van der Waals surface area contributed by atoms with Crippen LogP contribution < -0.4 is 10.6 Å². The lowest BCUT2D eigenvalue weighted by Crippen LogP contribution is -2.34. The van der Waals surface area contributed by atoms with E-state index in [1.165, 1.54) is 5.56 Å². The second kappa shape index (κ2) is 9.95. The molecule has 4 aromatic rings. The number of rotatable bonds is 5. The van der Waals surface area contributed by atoms with E-state index in [9.17, 15) is 4.79 Å². The highest BCUT2D eigenvalue weighted by molar-refractivity contribution is 7.80. The Morgan fingerprint density at radius 1 is 1.09 bits per heavy atom. The van der Waals surface area contributed by atoms with Gasteiger partial charge in [-0.1, -0.05) is 48.7 Å². The number of aryl methyl sites for hydroxylation is 2. The van der Waals surface area contributed by atoms with Crippen LogP contribution in [0.15, 0.2) is 59.0 Å². The molecule has 1 atom stereocenters. The number of amides is 1. The average Bonchev–Trinajstić information content (AvgIpc) is 3.22. The molecule has 4 rings (SSSR count). The number of oxazole rings is 1. The van der Waals surface area contributed by atoms with Gasteiger partial charge in [-0.3, -0.25) is 10.1 Å². The molecular weight excluding hydrogens is 466 g/mol. The highest BCUT2D eigenvalue weighted by atomic mass is 35.5. The van der Waals surface area contributed by atoms with Crippen molar-refractivity contribution in [3.8, 4) is 11.5 Å². The first kappa shape index (κ1) is 23.9. The van der Waals surface area contributed by atoms with Gasteiger partial charge < -0.3 is 9.73 Å². The van der Waals surface area contributed by atoms with Crippen molar-refractivity contribution in [2.24, 2.45) is 0 Å². The van der Waals surface area contributed by atoms with Crippen molar-refractivity contribution >= 4 is 51.6 Å². The molecule has 0 aliphatic rings. The molecule has 3 aromatic carbocycles. The lowest BCUT2D eigenvalue weighted by Gasteiger charge is -2.12. The van der Waals surface area contributed by atoms with E-state index in [-0.39, 0.29) is 11.0 Å². The summed E-state index contributed by atoms with van der Waals surface area (Å²) in [5, 5.41) is 6.34. The van der Waals surface area contributed by atoms with Crippen molar-refractivity contribution in [1.29, 1.82) is 0 Å². The molecule has 1 amide bonds. The summed E-state index contributed by atoms with van der Waals surface area (Å²) >= 11 is 11.7. The van der Waals surface area contributed by atoms with Crippen molar-refractivity contribution < 1.29 is 9.21 Å². The van der Waals surface area contributed by atoms with E-state index < -0.39 is 0 Å². The zero-order valence-corrected chi connectivity index (χ0v) is 21.1. The van der Waals surface area contributed by atoms with Crippen LogP contribution in [0.5, 0.6) is 0 Å². The summed E-state index contributed by atoms with van der Waals surface area (Å²) in [5.74, 6) is 0.657. The van der Waals surface area contributed by atoms with Crippen LogP contribution in [0, 0.1) is 13.8 Å². The number of aromatic nitrogens is 1. The minimum atomic E-state index is -0.285. The van der Waals surface area contributed by atoms with Crippen molar-refractivity contribution in [2.45, 2.75) is 40.0 Å². The summed E-state index contributed by atoms with van der Waals surface area (Å²) in [6.07, 6.45) is 1.06. The van der Waals surface area contributed by atoms with E-state index in [1.807, 2.05) is 44.2 Å². The average molecular weight is 492 g/mol. The van der Waals surface area contributed by atoms with Crippen LogP contribution in [0.3, 0.4) is 0 Å². The number of carbonyl (C=O) groups excluding carboxylic acids is 1. The maximum Gasteiger partial charge on any atom is 0.257 e. The van der Waals surface area contributed by atoms with Gasteiger partial charge in [0.15, 0.2) is 10.7 Å². The molecule has 0 unspecified atom stereocenters. The number of hydrogen-bond acceptors (Lipinski definition) is 4. The number of halogens is 1. The summed E-state index contributed by atoms with van der Waals surface area (Å²) < 4.78 is 5.98. The van der Waals surface area contributed by atoms with E-state index >= 15 is 0 Å². The number of carbonyl (C=O) groups is 1. The number of nitrogens with zero attached hydrogens (tertiary/aromatic N) is 1. The summed E-state index contributed by atoms with van der Waals surface area (Å²) in [5.41, 5.74) is 6.63. The lowest BCUT2D eigenvalue weighted by molar-refractivity contribution is 0.0977. The van der Waals surface area contributed by atoms with Gasteiger partial charge in [-0.25, -0.2) is 4.98 Å². The molecule has 7 heteroatoms. The van der Waals surface area contributed by atoms with Crippen molar-refractivity contribution in [3.05, 3.63) is 81.9 Å². The highest BCUT2D eigenvalue weighted by Gasteiger charge is 2.14. The molecule has 1 heterocycles. The number of nitrogens with one attached hydrogen (secondary N) is 2. The molecule has 0 fully saturated rings. The SMILES string of the molecule is CC[C@H](C)c1ccc2oc(-c3ccc(Cl)c(NC(=S)NC(=O)c4cc(C)cc(C)c4)c3)nc2c1. The second-order valence-corrected chi connectivity index (χ2v) is 9.35. The van der Waals surface area contributed by atoms with Gasteiger partial charge in [0.05, 0.1) is 10.7 Å². The number of benzene rings is 3. The van der Waals surface area contributed by atoms with Gasteiger partial charge in [0.1, 0.15) is 5.52 Å². The molecule has 0 bridgehead atoms. The maximum atomic E-state index is 12.6. The Bertz CT molecular complexity index is 1380. The maximum absolute atomic E-state index is 12.6. The minimum Gasteiger partial charge on any atom is -0.436 e. The normalized spacial score (nSPS) is 11.9. The van der Waals surface area contributed by atoms with E-state index in [0.717, 1.165) is 34.2 Å². The number of thiocarbonyl (C=S) groups is 1. The predicted octanol–water partition coefficient (Wildman–Crippen LogP) is 7.41. The largest absolute Gasteiger partial charge is 0.436 e. The van der Waals surface area contributed by atoms with Gasteiger partial charge in [0.2, 0.25) is 5.89 Å². The van der Waals surface area contributed by atoms with E-state index in [2.05, 4.69) is 41.6 Å². The molecule has 0 spiro atoms. The first-order chi connectivity index (χ1) is 16.2. The van der Waals surface area contributed by atoms with Crippen molar-refractivity contribution in [1.82, 2.24) is 10.3 Å². The molecule has 0 saturated heterocycles. The molecule has 34 heavy (non-hydrogen) atoms. The zero-order chi connectivity index (χ0) is 24.4. The highest BCUT2D eigenvalue weighted by Crippen LogP contribution is 2.31. The molecule has 0 radical (unpaired) electrons. The zero-order valence-electron chi connectivity index (χ0n) is 19.5. The van der Waals surface area contributed by atoms with Crippen LogP contribution in [-0.2, 0) is 0 Å². The van der Waals surface area contributed by atoms with Crippen molar-refractivity contribution in [3.63, 3.8) is 0 Å². The quantitative estimate of drug-likeness (QED) is 0.284. The Balaban J connectivity index is 1.54. The molecular formula is C27H26ClN3O2S. The lowest BCUT2D eigenvalue weighted by atomic mass is 9.98. The fraction of sp³-hybridized carbons (Fsp3) is 0.222. The summed E-state index contributed by atoms with van der Waals surface area (Å²) in [7, 11) is 0. The third-order valence-corrected chi connectivity index (χ3v) is 6.30. The smallest absolute Gasteiger partial charge is 0.257 e. The molecule has 0 aliphatic heterocycles. The molecule has 174 valence electrons. The minimum absolute atomic E-state index is 0.152. The Labute approximate surface area is 209 Å². The Morgan fingerprint density at radius 2 is 1.82 bits per heavy atom. The third kappa shape index (κ3) is 5.29. The van der Waals surface area contributed by atoms with Crippen LogP contribution in [-0.4, -0.2) is 16.0 Å². The van der Waals surface area contributed by atoms with Crippen LogP contribution >= 0.6 is 23.8 Å². The Kier molecular flexibility index (Phi) is 7.00. The first-order valence-corrected chi connectivity index (χ1v) is 11.9. The summed E-state index contributed by atoms with van der Waals surface area (Å²) in [4.78, 5) is 17.3.